The second-order valence-corrected chi connectivity index (χ2v) is 4.44. The van der Waals surface area contributed by atoms with Crippen LogP contribution in [0.3, 0.4) is 0 Å². The monoisotopic (exact) mass is 317 g/mol. The maximum absolute atomic E-state index is 13.4. The molecule has 0 aliphatic carbocycles. The predicted octanol–water partition coefficient (Wildman–Crippen LogP) is 2.69. The van der Waals surface area contributed by atoms with E-state index in [1.165, 1.54) is 18.2 Å². The van der Waals surface area contributed by atoms with Crippen LogP contribution in [0.25, 0.3) is 0 Å². The SMILES string of the molecule is CCOc1ccccc1NC(=O)NNC(=O)c1ccccc1F. The van der Waals surface area contributed by atoms with Crippen molar-refractivity contribution in [2.75, 3.05) is 11.9 Å². The van der Waals surface area contributed by atoms with E-state index < -0.39 is 17.8 Å². The van der Waals surface area contributed by atoms with Gasteiger partial charge in [0.15, 0.2) is 0 Å². The molecule has 0 saturated carbocycles. The summed E-state index contributed by atoms with van der Waals surface area (Å²) in [6.07, 6.45) is 0. The lowest BCUT2D eigenvalue weighted by atomic mass is 10.2. The van der Waals surface area contributed by atoms with Crippen molar-refractivity contribution in [3.63, 3.8) is 0 Å². The summed E-state index contributed by atoms with van der Waals surface area (Å²) in [5.74, 6) is -0.921. The first kappa shape index (κ1) is 16.3. The molecule has 120 valence electrons. The van der Waals surface area contributed by atoms with Crippen LogP contribution in [0.1, 0.15) is 17.3 Å². The Morgan fingerprint density at radius 3 is 2.48 bits per heavy atom. The number of rotatable bonds is 4. The van der Waals surface area contributed by atoms with Crippen molar-refractivity contribution >= 4 is 17.6 Å². The van der Waals surface area contributed by atoms with Crippen molar-refractivity contribution in [1.29, 1.82) is 0 Å². The number of carbonyl (C=O) groups excluding carboxylic acids is 2. The number of ether oxygens (including phenoxy) is 1. The molecule has 0 heterocycles. The van der Waals surface area contributed by atoms with Crippen molar-refractivity contribution < 1.29 is 18.7 Å². The standard InChI is InChI=1S/C16H16FN3O3/c1-2-23-14-10-6-5-9-13(14)18-16(22)20-19-15(21)11-7-3-4-8-12(11)17/h3-10H,2H2,1H3,(H,19,21)(H2,18,20,22). The number of hydrazine groups is 1. The third kappa shape index (κ3) is 4.44. The highest BCUT2D eigenvalue weighted by Gasteiger charge is 2.12. The molecule has 0 spiro atoms. The van der Waals surface area contributed by atoms with Gasteiger partial charge in [-0.2, -0.15) is 0 Å². The zero-order chi connectivity index (χ0) is 16.7. The van der Waals surface area contributed by atoms with Gasteiger partial charge in [-0.3, -0.25) is 10.2 Å². The third-order valence-corrected chi connectivity index (χ3v) is 2.84. The first-order chi connectivity index (χ1) is 11.1. The number of carbonyl (C=O) groups is 2. The lowest BCUT2D eigenvalue weighted by Gasteiger charge is -2.12. The number of anilines is 1. The molecular weight excluding hydrogens is 301 g/mol. The Labute approximate surface area is 132 Å². The van der Waals surface area contributed by atoms with E-state index >= 15 is 0 Å². The number of amides is 3. The highest BCUT2D eigenvalue weighted by Crippen LogP contribution is 2.23. The minimum absolute atomic E-state index is 0.164. The van der Waals surface area contributed by atoms with Crippen molar-refractivity contribution in [2.45, 2.75) is 6.92 Å². The zero-order valence-corrected chi connectivity index (χ0v) is 12.4. The van der Waals surface area contributed by atoms with Gasteiger partial charge in [0.2, 0.25) is 0 Å². The average Bonchev–Trinajstić information content (AvgIpc) is 2.55. The van der Waals surface area contributed by atoms with Crippen LogP contribution in [0.15, 0.2) is 48.5 Å². The van der Waals surface area contributed by atoms with Crippen molar-refractivity contribution in [2.24, 2.45) is 0 Å². The number of urea groups is 1. The Balaban J connectivity index is 1.93. The van der Waals surface area contributed by atoms with Crippen LogP contribution in [0, 0.1) is 5.82 Å². The highest BCUT2D eigenvalue weighted by molar-refractivity contribution is 5.97. The first-order valence-electron chi connectivity index (χ1n) is 6.95. The predicted molar refractivity (Wildman–Crippen MR) is 83.6 cm³/mol. The zero-order valence-electron chi connectivity index (χ0n) is 12.4. The van der Waals surface area contributed by atoms with Gasteiger partial charge in [-0.1, -0.05) is 24.3 Å². The highest BCUT2D eigenvalue weighted by atomic mass is 19.1. The Hall–Kier alpha value is -3.09. The molecule has 0 aromatic heterocycles. The summed E-state index contributed by atoms with van der Waals surface area (Å²) in [6, 6.07) is 11.7. The third-order valence-electron chi connectivity index (χ3n) is 2.84. The van der Waals surface area contributed by atoms with Crippen LogP contribution in [0.4, 0.5) is 14.9 Å². The van der Waals surface area contributed by atoms with Crippen LogP contribution in [-0.4, -0.2) is 18.5 Å². The Kier molecular flexibility index (Phi) is 5.51. The summed E-state index contributed by atoms with van der Waals surface area (Å²) in [5.41, 5.74) is 4.57. The summed E-state index contributed by atoms with van der Waals surface area (Å²) in [5, 5.41) is 2.53. The smallest absolute Gasteiger partial charge is 0.338 e. The van der Waals surface area contributed by atoms with E-state index in [-0.39, 0.29) is 5.56 Å². The van der Waals surface area contributed by atoms with E-state index in [9.17, 15) is 14.0 Å². The molecule has 0 unspecified atom stereocenters. The van der Waals surface area contributed by atoms with Gasteiger partial charge in [0.05, 0.1) is 17.9 Å². The van der Waals surface area contributed by atoms with Crippen molar-refractivity contribution in [3.8, 4) is 5.75 Å². The summed E-state index contributed by atoms with van der Waals surface area (Å²) >= 11 is 0. The van der Waals surface area contributed by atoms with Crippen LogP contribution in [0.5, 0.6) is 5.75 Å². The van der Waals surface area contributed by atoms with Crippen molar-refractivity contribution in [1.82, 2.24) is 10.9 Å². The molecule has 0 radical (unpaired) electrons. The summed E-state index contributed by atoms with van der Waals surface area (Å²) < 4.78 is 18.8. The van der Waals surface area contributed by atoms with Gasteiger partial charge in [0.1, 0.15) is 11.6 Å². The van der Waals surface area contributed by atoms with Gasteiger partial charge >= 0.3 is 6.03 Å². The molecule has 0 saturated heterocycles. The molecule has 0 fully saturated rings. The fourth-order valence-electron chi connectivity index (χ4n) is 1.83. The number of nitrogens with one attached hydrogen (secondary N) is 3. The summed E-state index contributed by atoms with van der Waals surface area (Å²) in [6.45, 7) is 2.27. The molecule has 0 bridgehead atoms. The molecule has 2 aromatic carbocycles. The Morgan fingerprint density at radius 2 is 1.74 bits per heavy atom. The number of para-hydroxylation sites is 2. The Morgan fingerprint density at radius 1 is 1.04 bits per heavy atom. The average molecular weight is 317 g/mol. The quantitative estimate of drug-likeness (QED) is 0.759. The van der Waals surface area contributed by atoms with Gasteiger partial charge in [-0.15, -0.1) is 0 Å². The van der Waals surface area contributed by atoms with E-state index in [1.54, 1.807) is 24.3 Å². The topological polar surface area (TPSA) is 79.5 Å². The van der Waals surface area contributed by atoms with E-state index in [1.807, 2.05) is 6.92 Å². The molecule has 0 atom stereocenters. The lowest BCUT2D eigenvalue weighted by molar-refractivity contribution is 0.0934. The minimum atomic E-state index is -0.753. The largest absolute Gasteiger partial charge is 0.492 e. The lowest BCUT2D eigenvalue weighted by Crippen LogP contribution is -2.44. The van der Waals surface area contributed by atoms with Gasteiger partial charge in [0, 0.05) is 0 Å². The van der Waals surface area contributed by atoms with Crippen molar-refractivity contribution in [3.05, 3.63) is 59.9 Å². The summed E-state index contributed by atoms with van der Waals surface area (Å²) in [4.78, 5) is 23.6. The molecule has 3 N–H and O–H groups in total. The first-order valence-corrected chi connectivity index (χ1v) is 6.95. The Bertz CT molecular complexity index is 706. The second kappa shape index (κ2) is 7.79. The van der Waals surface area contributed by atoms with Crippen LogP contribution in [-0.2, 0) is 0 Å². The normalized spacial score (nSPS) is 9.83. The van der Waals surface area contributed by atoms with Crippen LogP contribution < -0.4 is 20.9 Å². The van der Waals surface area contributed by atoms with Crippen LogP contribution in [0.2, 0.25) is 0 Å². The van der Waals surface area contributed by atoms with Gasteiger partial charge in [-0.25, -0.2) is 14.6 Å². The maximum Gasteiger partial charge on any atom is 0.338 e. The van der Waals surface area contributed by atoms with Gasteiger partial charge in [-0.05, 0) is 31.2 Å². The molecular formula is C16H16FN3O3. The molecule has 0 aliphatic rings. The fraction of sp³-hybridized carbons (Fsp3) is 0.125. The number of hydrogen-bond acceptors (Lipinski definition) is 3. The molecule has 23 heavy (non-hydrogen) atoms. The molecule has 2 rings (SSSR count). The fourth-order valence-corrected chi connectivity index (χ4v) is 1.83. The minimum Gasteiger partial charge on any atom is -0.492 e. The van der Waals surface area contributed by atoms with E-state index in [2.05, 4.69) is 16.2 Å². The number of benzene rings is 2. The maximum atomic E-state index is 13.4. The molecule has 7 heteroatoms. The second-order valence-electron chi connectivity index (χ2n) is 4.44. The molecule has 3 amide bonds. The van der Waals surface area contributed by atoms with E-state index in [0.717, 1.165) is 6.07 Å². The summed E-state index contributed by atoms with van der Waals surface area (Å²) in [7, 11) is 0. The van der Waals surface area contributed by atoms with Gasteiger partial charge in [0.25, 0.3) is 5.91 Å². The van der Waals surface area contributed by atoms with E-state index in [4.69, 9.17) is 4.74 Å². The molecule has 0 aliphatic heterocycles. The number of hydrogen-bond donors (Lipinski definition) is 3. The molecule has 2 aromatic rings. The molecule has 6 nitrogen and oxygen atoms in total. The van der Waals surface area contributed by atoms with Gasteiger partial charge < -0.3 is 10.1 Å². The number of halogens is 1. The van der Waals surface area contributed by atoms with E-state index in [0.29, 0.717) is 18.0 Å². The van der Waals surface area contributed by atoms with Crippen LogP contribution >= 0.6 is 0 Å².